The number of hydrogen-bond donors (Lipinski definition) is 1. The van der Waals surface area contributed by atoms with E-state index in [0.717, 1.165) is 5.56 Å². The monoisotopic (exact) mass is 358 g/mol. The van der Waals surface area contributed by atoms with Gasteiger partial charge in [0.2, 0.25) is 11.8 Å². The molecule has 25 heavy (non-hydrogen) atoms. The van der Waals surface area contributed by atoms with Gasteiger partial charge in [0.15, 0.2) is 5.82 Å². The molecule has 1 atom stereocenters. The van der Waals surface area contributed by atoms with E-state index >= 15 is 0 Å². The van der Waals surface area contributed by atoms with Gasteiger partial charge < -0.3 is 14.4 Å². The second kappa shape index (κ2) is 7.98. The molecule has 2 aromatic heterocycles. The van der Waals surface area contributed by atoms with Crippen LogP contribution in [-0.4, -0.2) is 20.6 Å². The summed E-state index contributed by atoms with van der Waals surface area (Å²) >= 11 is 5.98. The Kier molecular flexibility index (Phi) is 5.50. The molecule has 0 bridgehead atoms. The van der Waals surface area contributed by atoms with E-state index in [1.807, 2.05) is 48.8 Å². The van der Waals surface area contributed by atoms with Crippen molar-refractivity contribution >= 4 is 17.5 Å². The van der Waals surface area contributed by atoms with Crippen LogP contribution in [0.15, 0.2) is 53.3 Å². The van der Waals surface area contributed by atoms with Crippen molar-refractivity contribution in [2.24, 2.45) is 0 Å². The molecule has 1 N–H and O–H groups in total. The molecule has 1 amide bonds. The normalized spacial score (nSPS) is 12.1. The van der Waals surface area contributed by atoms with Crippen molar-refractivity contribution in [3.63, 3.8) is 0 Å². The van der Waals surface area contributed by atoms with Gasteiger partial charge in [0, 0.05) is 36.3 Å². The molecule has 1 aromatic carbocycles. The van der Waals surface area contributed by atoms with Crippen LogP contribution in [0.5, 0.6) is 0 Å². The number of rotatable bonds is 7. The summed E-state index contributed by atoms with van der Waals surface area (Å²) < 4.78 is 7.07. The number of aryl methyl sites for hydroxylation is 1. The summed E-state index contributed by atoms with van der Waals surface area (Å²) in [6.45, 7) is 2.68. The summed E-state index contributed by atoms with van der Waals surface area (Å²) in [5.74, 6) is 0.923. The maximum atomic E-state index is 12.4. The molecule has 0 aliphatic carbocycles. The van der Waals surface area contributed by atoms with Gasteiger partial charge in [0.1, 0.15) is 0 Å². The molecule has 130 valence electrons. The van der Waals surface area contributed by atoms with E-state index in [1.54, 1.807) is 6.92 Å². The minimum atomic E-state index is -0.0667. The molecule has 3 aromatic rings. The minimum absolute atomic E-state index is 0.0362. The lowest BCUT2D eigenvalue weighted by molar-refractivity contribution is -0.121. The van der Waals surface area contributed by atoms with E-state index in [-0.39, 0.29) is 18.4 Å². The van der Waals surface area contributed by atoms with Gasteiger partial charge in [0.25, 0.3) is 0 Å². The van der Waals surface area contributed by atoms with Gasteiger partial charge in [0.05, 0.1) is 6.54 Å². The summed E-state index contributed by atoms with van der Waals surface area (Å²) in [5.41, 5.74) is 1.07. The molecule has 0 radical (unpaired) electrons. The number of amides is 1. The van der Waals surface area contributed by atoms with Crippen LogP contribution in [0.3, 0.4) is 0 Å². The molecule has 0 aliphatic heterocycles. The molecule has 7 heteroatoms. The van der Waals surface area contributed by atoms with Gasteiger partial charge in [-0.05, 0) is 36.8 Å². The summed E-state index contributed by atoms with van der Waals surface area (Å²) in [6, 6.07) is 11.6. The van der Waals surface area contributed by atoms with Crippen molar-refractivity contribution in [3.05, 3.63) is 71.1 Å². The average Bonchev–Trinajstić information content (AvgIpc) is 3.25. The van der Waals surface area contributed by atoms with Crippen molar-refractivity contribution in [1.29, 1.82) is 0 Å². The molecule has 0 saturated carbocycles. The SMILES string of the molecule is Cc1noc(CNC(=O)CC(Cn2cccc2)c2ccc(Cl)cc2)n1. The molecule has 1 unspecified atom stereocenters. The number of benzene rings is 1. The Bertz CT molecular complexity index is 812. The van der Waals surface area contributed by atoms with Crippen LogP contribution in [0.1, 0.15) is 29.6 Å². The highest BCUT2D eigenvalue weighted by Gasteiger charge is 2.17. The number of carbonyl (C=O) groups excluding carboxylic acids is 1. The highest BCUT2D eigenvalue weighted by atomic mass is 35.5. The second-order valence-corrected chi connectivity index (χ2v) is 6.28. The van der Waals surface area contributed by atoms with Crippen LogP contribution < -0.4 is 5.32 Å². The van der Waals surface area contributed by atoms with Crippen LogP contribution in [0.4, 0.5) is 0 Å². The summed E-state index contributed by atoms with van der Waals surface area (Å²) in [7, 11) is 0. The fourth-order valence-electron chi connectivity index (χ4n) is 2.65. The van der Waals surface area contributed by atoms with Gasteiger partial charge in [-0.25, -0.2) is 0 Å². The Morgan fingerprint density at radius 3 is 2.64 bits per heavy atom. The average molecular weight is 359 g/mol. The van der Waals surface area contributed by atoms with Crippen molar-refractivity contribution in [3.8, 4) is 0 Å². The lowest BCUT2D eigenvalue weighted by Gasteiger charge is -2.18. The standard InChI is InChI=1S/C18H19ClN4O2/c1-13-21-18(25-22-13)11-20-17(24)10-15(12-23-8-2-3-9-23)14-4-6-16(19)7-5-14/h2-9,15H,10-12H2,1H3,(H,20,24). The van der Waals surface area contributed by atoms with Crippen molar-refractivity contribution in [1.82, 2.24) is 20.0 Å². The quantitative estimate of drug-likeness (QED) is 0.703. The zero-order valence-electron chi connectivity index (χ0n) is 13.9. The molecule has 0 saturated heterocycles. The summed E-state index contributed by atoms with van der Waals surface area (Å²) in [6.07, 6.45) is 4.33. The molecule has 2 heterocycles. The molecule has 0 fully saturated rings. The Hall–Kier alpha value is -2.60. The lowest BCUT2D eigenvalue weighted by Crippen LogP contribution is -2.26. The second-order valence-electron chi connectivity index (χ2n) is 5.84. The molecule has 0 aliphatic rings. The number of carbonyl (C=O) groups is 1. The minimum Gasteiger partial charge on any atom is -0.354 e. The number of nitrogens with zero attached hydrogens (tertiary/aromatic N) is 3. The van der Waals surface area contributed by atoms with Crippen LogP contribution in [0, 0.1) is 6.92 Å². The molecule has 6 nitrogen and oxygen atoms in total. The Labute approximate surface area is 150 Å². The van der Waals surface area contributed by atoms with E-state index in [2.05, 4.69) is 20.0 Å². The van der Waals surface area contributed by atoms with E-state index in [4.69, 9.17) is 16.1 Å². The first kappa shape index (κ1) is 17.2. The number of halogens is 1. The first-order valence-electron chi connectivity index (χ1n) is 8.02. The molecule has 0 spiro atoms. The molecule has 3 rings (SSSR count). The smallest absolute Gasteiger partial charge is 0.246 e. The summed E-state index contributed by atoms with van der Waals surface area (Å²) in [4.78, 5) is 16.4. The first-order chi connectivity index (χ1) is 12.1. The zero-order chi connectivity index (χ0) is 17.6. The Morgan fingerprint density at radius 2 is 2.00 bits per heavy atom. The predicted octanol–water partition coefficient (Wildman–Crippen LogP) is 3.32. The van der Waals surface area contributed by atoms with Gasteiger partial charge in [-0.1, -0.05) is 28.9 Å². The highest BCUT2D eigenvalue weighted by Crippen LogP contribution is 2.24. The topological polar surface area (TPSA) is 73.0 Å². The third-order valence-electron chi connectivity index (χ3n) is 3.88. The van der Waals surface area contributed by atoms with Gasteiger partial charge in [-0.3, -0.25) is 4.79 Å². The summed E-state index contributed by atoms with van der Waals surface area (Å²) in [5, 5.41) is 7.22. The van der Waals surface area contributed by atoms with Gasteiger partial charge >= 0.3 is 0 Å². The first-order valence-corrected chi connectivity index (χ1v) is 8.40. The molecular weight excluding hydrogens is 340 g/mol. The lowest BCUT2D eigenvalue weighted by atomic mass is 9.95. The largest absolute Gasteiger partial charge is 0.354 e. The Balaban J connectivity index is 1.65. The molecular formula is C18H19ClN4O2. The van der Waals surface area contributed by atoms with Gasteiger partial charge in [-0.15, -0.1) is 0 Å². The van der Waals surface area contributed by atoms with E-state index in [0.29, 0.717) is 29.7 Å². The van der Waals surface area contributed by atoms with Crippen LogP contribution in [-0.2, 0) is 17.9 Å². The van der Waals surface area contributed by atoms with Crippen LogP contribution in [0.25, 0.3) is 0 Å². The number of nitrogens with one attached hydrogen (secondary N) is 1. The fourth-order valence-corrected chi connectivity index (χ4v) is 2.78. The maximum Gasteiger partial charge on any atom is 0.246 e. The number of aromatic nitrogens is 3. The van der Waals surface area contributed by atoms with Gasteiger partial charge in [-0.2, -0.15) is 4.98 Å². The fraction of sp³-hybridized carbons (Fsp3) is 0.278. The zero-order valence-corrected chi connectivity index (χ0v) is 14.6. The third kappa shape index (κ3) is 4.93. The van der Waals surface area contributed by atoms with E-state index in [1.165, 1.54) is 0 Å². The van der Waals surface area contributed by atoms with Crippen molar-refractivity contribution < 1.29 is 9.32 Å². The highest BCUT2D eigenvalue weighted by molar-refractivity contribution is 6.30. The van der Waals surface area contributed by atoms with E-state index in [9.17, 15) is 4.79 Å². The maximum absolute atomic E-state index is 12.4. The van der Waals surface area contributed by atoms with Crippen molar-refractivity contribution in [2.45, 2.75) is 32.4 Å². The Morgan fingerprint density at radius 1 is 1.28 bits per heavy atom. The van der Waals surface area contributed by atoms with Crippen LogP contribution >= 0.6 is 11.6 Å². The van der Waals surface area contributed by atoms with Crippen molar-refractivity contribution in [2.75, 3.05) is 0 Å². The third-order valence-corrected chi connectivity index (χ3v) is 4.13. The number of hydrogen-bond acceptors (Lipinski definition) is 4. The van der Waals surface area contributed by atoms with E-state index < -0.39 is 0 Å². The van der Waals surface area contributed by atoms with Crippen LogP contribution in [0.2, 0.25) is 5.02 Å². The predicted molar refractivity (Wildman–Crippen MR) is 94.1 cm³/mol.